The summed E-state index contributed by atoms with van der Waals surface area (Å²) in [5, 5.41) is 2.34. The van der Waals surface area contributed by atoms with Gasteiger partial charge in [0.05, 0.1) is 0 Å². The summed E-state index contributed by atoms with van der Waals surface area (Å²) >= 11 is -3.23. The van der Waals surface area contributed by atoms with E-state index in [0.29, 0.717) is 10.0 Å². The zero-order valence-electron chi connectivity index (χ0n) is 6.65. The van der Waals surface area contributed by atoms with Gasteiger partial charge in [0.15, 0.2) is 0 Å². The molecule has 13 heavy (non-hydrogen) atoms. The third kappa shape index (κ3) is 2.97. The molecule has 4 N–H and O–H groups in total. The van der Waals surface area contributed by atoms with Gasteiger partial charge in [-0.3, -0.25) is 0 Å². The van der Waals surface area contributed by atoms with Gasteiger partial charge < -0.3 is 0 Å². The first-order valence-corrected chi connectivity index (χ1v) is 6.34. The van der Waals surface area contributed by atoms with Gasteiger partial charge in [-0.1, -0.05) is 0 Å². The van der Waals surface area contributed by atoms with E-state index in [0.717, 1.165) is 0 Å². The normalized spacial score (nSPS) is 12.1. The number of carbonyl (C=O) groups is 1. The Morgan fingerprint density at radius 1 is 1.38 bits per heavy atom. The van der Waals surface area contributed by atoms with E-state index in [2.05, 4.69) is 5.32 Å². The molecule has 1 atom stereocenters. The molecule has 5 nitrogen and oxygen atoms in total. The van der Waals surface area contributed by atoms with Gasteiger partial charge in [-0.15, -0.1) is 0 Å². The maximum atomic E-state index is 10.7. The maximum absolute atomic E-state index is 10.7. The van der Waals surface area contributed by atoms with Crippen molar-refractivity contribution >= 4 is 31.0 Å². The number of carbonyl (C=O) groups excluding carboxylic acids is 1. The Balaban J connectivity index is 2.81. The van der Waals surface area contributed by atoms with Crippen molar-refractivity contribution in [3.63, 3.8) is 0 Å². The van der Waals surface area contributed by atoms with Crippen molar-refractivity contribution in [2.45, 2.75) is 0 Å². The summed E-state index contributed by atoms with van der Waals surface area (Å²) in [6.45, 7) is 0. The van der Waals surface area contributed by atoms with E-state index in [-0.39, 0.29) is 0 Å². The van der Waals surface area contributed by atoms with Crippen molar-refractivity contribution in [1.29, 1.82) is 0 Å². The SMILES string of the molecule is NC(=O)Nc1ccc([AsH](=O)O)cc1. The molecular formula is C7H9AsN2O3. The molecule has 0 aromatic heterocycles. The Bertz CT molecular complexity index is 336. The van der Waals surface area contributed by atoms with Crippen LogP contribution in [-0.4, -0.2) is 25.1 Å². The van der Waals surface area contributed by atoms with Crippen LogP contribution >= 0.6 is 0 Å². The molecule has 1 rings (SSSR count). The standard InChI is InChI=1S/C7H9AsN2O3/c9-7(11)10-6-3-1-5(2-4-6)8(12)13/h1-4,8H,(H,12,13)(H3,9,10,11). The van der Waals surface area contributed by atoms with Crippen LogP contribution in [0.2, 0.25) is 0 Å². The summed E-state index contributed by atoms with van der Waals surface area (Å²) < 4.78 is 19.9. The Morgan fingerprint density at radius 3 is 2.31 bits per heavy atom. The van der Waals surface area contributed by atoms with Crippen LogP contribution in [0.3, 0.4) is 0 Å². The molecule has 0 saturated carbocycles. The van der Waals surface area contributed by atoms with Crippen molar-refractivity contribution in [2.75, 3.05) is 5.32 Å². The Labute approximate surface area is 79.4 Å². The summed E-state index contributed by atoms with van der Waals surface area (Å²) in [5.41, 5.74) is 5.38. The van der Waals surface area contributed by atoms with Crippen LogP contribution < -0.4 is 15.4 Å². The molecule has 0 bridgehead atoms. The fourth-order valence-electron chi connectivity index (χ4n) is 0.838. The molecule has 70 valence electrons. The van der Waals surface area contributed by atoms with Crippen molar-refractivity contribution < 1.29 is 12.6 Å². The number of primary amides is 1. The van der Waals surface area contributed by atoms with Crippen LogP contribution in [0.15, 0.2) is 24.3 Å². The quantitative estimate of drug-likeness (QED) is 0.584. The molecule has 0 aliphatic heterocycles. The van der Waals surface area contributed by atoms with E-state index >= 15 is 0 Å². The number of nitrogens with one attached hydrogen (secondary N) is 1. The van der Waals surface area contributed by atoms with E-state index < -0.39 is 21.0 Å². The van der Waals surface area contributed by atoms with Crippen molar-refractivity contribution in [1.82, 2.24) is 0 Å². The molecule has 1 aromatic carbocycles. The second-order valence-corrected chi connectivity index (χ2v) is 4.86. The number of hydrogen-bond donors (Lipinski definition) is 3. The molecule has 0 saturated heterocycles. The van der Waals surface area contributed by atoms with E-state index in [1.165, 1.54) is 24.3 Å². The predicted octanol–water partition coefficient (Wildman–Crippen LogP) is -0.973. The van der Waals surface area contributed by atoms with Crippen LogP contribution in [0.5, 0.6) is 0 Å². The van der Waals surface area contributed by atoms with Crippen molar-refractivity contribution in [3.8, 4) is 0 Å². The first-order chi connectivity index (χ1) is 6.09. The summed E-state index contributed by atoms with van der Waals surface area (Å²) in [5.74, 6) is 0. The van der Waals surface area contributed by atoms with Crippen LogP contribution in [0.4, 0.5) is 10.5 Å². The van der Waals surface area contributed by atoms with Gasteiger partial charge in [0.25, 0.3) is 0 Å². The first-order valence-electron chi connectivity index (χ1n) is 3.49. The van der Waals surface area contributed by atoms with E-state index in [1.54, 1.807) is 0 Å². The molecule has 2 amide bonds. The molecule has 6 heteroatoms. The molecular weight excluding hydrogens is 235 g/mol. The van der Waals surface area contributed by atoms with Gasteiger partial charge in [-0.25, -0.2) is 0 Å². The molecule has 1 unspecified atom stereocenters. The summed E-state index contributed by atoms with van der Waals surface area (Å²) in [7, 11) is 0. The number of anilines is 1. The number of benzene rings is 1. The monoisotopic (exact) mass is 244 g/mol. The molecule has 0 spiro atoms. The fraction of sp³-hybridized carbons (Fsp3) is 0. The van der Waals surface area contributed by atoms with Crippen LogP contribution in [0, 0.1) is 0 Å². The number of urea groups is 1. The average molecular weight is 244 g/mol. The average Bonchev–Trinajstić information content (AvgIpc) is 2.04. The third-order valence-corrected chi connectivity index (χ3v) is 3.13. The summed E-state index contributed by atoms with van der Waals surface area (Å²) in [6, 6.07) is 5.39. The molecule has 0 fully saturated rings. The molecule has 0 aliphatic rings. The Kier molecular flexibility index (Phi) is 3.17. The van der Waals surface area contributed by atoms with Crippen LogP contribution in [0.25, 0.3) is 0 Å². The minimum atomic E-state index is -3.23. The van der Waals surface area contributed by atoms with Gasteiger partial charge in [-0.05, 0) is 0 Å². The van der Waals surface area contributed by atoms with Crippen LogP contribution in [-0.2, 0) is 3.74 Å². The minimum absolute atomic E-state index is 0.412. The summed E-state index contributed by atoms with van der Waals surface area (Å²) in [4.78, 5) is 10.4. The third-order valence-electron chi connectivity index (χ3n) is 1.40. The van der Waals surface area contributed by atoms with E-state index in [4.69, 9.17) is 9.83 Å². The Hall–Kier alpha value is -1.19. The number of rotatable bonds is 2. The second-order valence-electron chi connectivity index (χ2n) is 2.37. The first kappa shape index (κ1) is 9.89. The molecule has 0 aliphatic carbocycles. The molecule has 0 heterocycles. The number of nitrogens with two attached hydrogens (primary N) is 1. The molecule has 0 radical (unpaired) electrons. The van der Waals surface area contributed by atoms with Gasteiger partial charge >= 0.3 is 78.9 Å². The van der Waals surface area contributed by atoms with Gasteiger partial charge in [0.1, 0.15) is 0 Å². The van der Waals surface area contributed by atoms with Crippen molar-refractivity contribution in [2.24, 2.45) is 5.73 Å². The fourth-order valence-corrected chi connectivity index (χ4v) is 1.79. The van der Waals surface area contributed by atoms with E-state index in [9.17, 15) is 8.53 Å². The summed E-state index contributed by atoms with van der Waals surface area (Å²) in [6.07, 6.45) is 0. The molecule has 1 aromatic rings. The predicted molar refractivity (Wildman–Crippen MR) is 49.3 cm³/mol. The van der Waals surface area contributed by atoms with E-state index in [1.807, 2.05) is 0 Å². The zero-order chi connectivity index (χ0) is 9.84. The number of hydrogen-bond acceptors (Lipinski definition) is 2. The van der Waals surface area contributed by atoms with Crippen LogP contribution in [0.1, 0.15) is 0 Å². The topological polar surface area (TPSA) is 92.4 Å². The van der Waals surface area contributed by atoms with Crippen molar-refractivity contribution in [3.05, 3.63) is 24.3 Å². The Morgan fingerprint density at radius 2 is 1.92 bits per heavy atom. The second kappa shape index (κ2) is 4.16. The number of amides is 2. The van der Waals surface area contributed by atoms with Gasteiger partial charge in [0, 0.05) is 0 Å². The zero-order valence-corrected chi connectivity index (χ0v) is 8.75. The van der Waals surface area contributed by atoms with Gasteiger partial charge in [-0.2, -0.15) is 0 Å². The van der Waals surface area contributed by atoms with Gasteiger partial charge in [0.2, 0.25) is 0 Å².